The third-order valence-electron chi connectivity index (χ3n) is 4.51. The second-order valence-electron chi connectivity index (χ2n) is 5.92. The van der Waals surface area contributed by atoms with Crippen molar-refractivity contribution in [3.63, 3.8) is 0 Å². The number of carbonyl (C=O) groups excluding carboxylic acids is 2. The molecule has 1 atom stereocenters. The summed E-state index contributed by atoms with van der Waals surface area (Å²) in [5.74, 6) is -0.477. The van der Waals surface area contributed by atoms with Gasteiger partial charge in [0.05, 0.1) is 0 Å². The molecule has 2 amide bonds. The average molecular weight is 288 g/mol. The summed E-state index contributed by atoms with van der Waals surface area (Å²) in [5.41, 5.74) is 12.0. The fourth-order valence-electron chi connectivity index (χ4n) is 3.34. The SMILES string of the molecule is NC(=O)c1cc(NC2CN3CCC2CC3)cc(C(N)=O)c1. The van der Waals surface area contributed by atoms with Crippen molar-refractivity contribution < 1.29 is 9.59 Å². The first kappa shape index (κ1) is 13.9. The quantitative estimate of drug-likeness (QED) is 0.746. The predicted octanol–water partition coefficient (Wildman–Crippen LogP) is 0.390. The molecule has 6 heteroatoms. The molecule has 0 aromatic heterocycles. The Balaban J connectivity index is 1.84. The molecule has 0 aliphatic carbocycles. The summed E-state index contributed by atoms with van der Waals surface area (Å²) in [7, 11) is 0. The molecule has 1 unspecified atom stereocenters. The van der Waals surface area contributed by atoms with Crippen LogP contribution in [0.3, 0.4) is 0 Å². The number of hydrogen-bond acceptors (Lipinski definition) is 4. The Bertz CT molecular complexity index is 547. The Labute approximate surface area is 123 Å². The zero-order valence-corrected chi connectivity index (χ0v) is 11.8. The van der Waals surface area contributed by atoms with Gasteiger partial charge in [-0.2, -0.15) is 0 Å². The lowest BCUT2D eigenvalue weighted by molar-refractivity contribution is 0.0974. The fourth-order valence-corrected chi connectivity index (χ4v) is 3.34. The van der Waals surface area contributed by atoms with Gasteiger partial charge in [-0.25, -0.2) is 0 Å². The minimum absolute atomic E-state index is 0.301. The molecule has 1 aromatic rings. The molecule has 1 aromatic carbocycles. The second-order valence-corrected chi connectivity index (χ2v) is 5.92. The Morgan fingerprint density at radius 2 is 1.62 bits per heavy atom. The molecule has 0 saturated carbocycles. The van der Waals surface area contributed by atoms with E-state index in [4.69, 9.17) is 11.5 Å². The van der Waals surface area contributed by atoms with Crippen molar-refractivity contribution in [1.29, 1.82) is 0 Å². The number of piperidine rings is 3. The van der Waals surface area contributed by atoms with Crippen LogP contribution in [0.5, 0.6) is 0 Å². The summed E-state index contributed by atoms with van der Waals surface area (Å²) < 4.78 is 0. The van der Waals surface area contributed by atoms with Crippen molar-refractivity contribution >= 4 is 17.5 Å². The maximum absolute atomic E-state index is 11.4. The van der Waals surface area contributed by atoms with E-state index >= 15 is 0 Å². The number of benzene rings is 1. The van der Waals surface area contributed by atoms with E-state index in [1.165, 1.54) is 18.9 Å². The zero-order valence-electron chi connectivity index (χ0n) is 11.8. The number of carbonyl (C=O) groups is 2. The zero-order chi connectivity index (χ0) is 15.0. The molecule has 3 aliphatic rings. The highest BCUT2D eigenvalue weighted by Gasteiger charge is 2.34. The molecule has 0 spiro atoms. The van der Waals surface area contributed by atoms with Crippen molar-refractivity contribution in [2.45, 2.75) is 18.9 Å². The molecule has 2 bridgehead atoms. The van der Waals surface area contributed by atoms with Crippen LogP contribution in [0.1, 0.15) is 33.6 Å². The number of nitrogens with one attached hydrogen (secondary N) is 1. The van der Waals surface area contributed by atoms with Crippen molar-refractivity contribution in [3.05, 3.63) is 29.3 Å². The molecule has 21 heavy (non-hydrogen) atoms. The van der Waals surface area contributed by atoms with E-state index in [1.54, 1.807) is 12.1 Å². The Hall–Kier alpha value is -2.08. The maximum Gasteiger partial charge on any atom is 0.248 e. The average Bonchev–Trinajstić information content (AvgIpc) is 2.48. The lowest BCUT2D eigenvalue weighted by atomic mass is 9.84. The summed E-state index contributed by atoms with van der Waals surface area (Å²) in [6, 6.07) is 5.15. The van der Waals surface area contributed by atoms with Crippen LogP contribution in [0.4, 0.5) is 5.69 Å². The van der Waals surface area contributed by atoms with E-state index in [1.807, 2.05) is 0 Å². The number of fused-ring (bicyclic) bond motifs is 3. The molecule has 3 fully saturated rings. The van der Waals surface area contributed by atoms with Crippen molar-refractivity contribution in [2.75, 3.05) is 25.0 Å². The Morgan fingerprint density at radius 1 is 1.05 bits per heavy atom. The normalized spacial score (nSPS) is 27.3. The van der Waals surface area contributed by atoms with E-state index in [-0.39, 0.29) is 0 Å². The van der Waals surface area contributed by atoms with Crippen molar-refractivity contribution in [2.24, 2.45) is 17.4 Å². The van der Waals surface area contributed by atoms with Crippen LogP contribution in [0.15, 0.2) is 18.2 Å². The molecular formula is C15H20N4O2. The van der Waals surface area contributed by atoms with Gasteiger partial charge in [0.2, 0.25) is 11.8 Å². The monoisotopic (exact) mass is 288 g/mol. The summed E-state index contributed by atoms with van der Waals surface area (Å²) in [5, 5.41) is 3.45. The number of nitrogens with two attached hydrogens (primary N) is 2. The number of primary amides is 2. The van der Waals surface area contributed by atoms with Crippen LogP contribution in [-0.2, 0) is 0 Å². The molecule has 0 radical (unpaired) electrons. The number of anilines is 1. The van der Waals surface area contributed by atoms with Gasteiger partial charge in [0.15, 0.2) is 0 Å². The summed E-state index contributed by atoms with van der Waals surface area (Å²) in [6.45, 7) is 3.32. The Morgan fingerprint density at radius 3 is 2.05 bits per heavy atom. The lowest BCUT2D eigenvalue weighted by Gasteiger charge is -2.45. The number of hydrogen-bond donors (Lipinski definition) is 3. The third kappa shape index (κ3) is 2.85. The van der Waals surface area contributed by atoms with E-state index in [0.717, 1.165) is 25.3 Å². The summed E-state index contributed by atoms with van der Waals surface area (Å²) >= 11 is 0. The molecule has 4 rings (SSSR count). The molecule has 3 aliphatic heterocycles. The van der Waals surface area contributed by atoms with E-state index in [9.17, 15) is 9.59 Å². The van der Waals surface area contributed by atoms with Crippen LogP contribution in [0, 0.1) is 5.92 Å². The van der Waals surface area contributed by atoms with E-state index < -0.39 is 11.8 Å². The number of amides is 2. The first-order valence-corrected chi connectivity index (χ1v) is 7.26. The van der Waals surface area contributed by atoms with Crippen molar-refractivity contribution in [3.8, 4) is 0 Å². The van der Waals surface area contributed by atoms with Gasteiger partial charge in [0.1, 0.15) is 0 Å². The van der Waals surface area contributed by atoms with Crippen LogP contribution in [-0.4, -0.2) is 42.4 Å². The van der Waals surface area contributed by atoms with Gasteiger partial charge < -0.3 is 21.7 Å². The minimum atomic E-state index is -0.560. The molecular weight excluding hydrogens is 268 g/mol. The first-order chi connectivity index (χ1) is 10.0. The number of nitrogens with zero attached hydrogens (tertiary/aromatic N) is 1. The molecule has 6 nitrogen and oxygen atoms in total. The maximum atomic E-state index is 11.4. The van der Waals surface area contributed by atoms with Gasteiger partial charge in [0, 0.05) is 29.4 Å². The predicted molar refractivity (Wildman–Crippen MR) is 80.1 cm³/mol. The van der Waals surface area contributed by atoms with E-state index in [0.29, 0.717) is 23.1 Å². The third-order valence-corrected chi connectivity index (χ3v) is 4.51. The number of rotatable bonds is 4. The molecule has 112 valence electrons. The highest BCUT2D eigenvalue weighted by molar-refractivity contribution is 5.99. The van der Waals surface area contributed by atoms with Crippen LogP contribution in [0.2, 0.25) is 0 Å². The van der Waals surface area contributed by atoms with Crippen LogP contribution >= 0.6 is 0 Å². The van der Waals surface area contributed by atoms with Gasteiger partial charge in [0.25, 0.3) is 0 Å². The van der Waals surface area contributed by atoms with Crippen LogP contribution in [0.25, 0.3) is 0 Å². The largest absolute Gasteiger partial charge is 0.381 e. The van der Waals surface area contributed by atoms with Crippen LogP contribution < -0.4 is 16.8 Å². The van der Waals surface area contributed by atoms with Gasteiger partial charge >= 0.3 is 0 Å². The molecule has 3 heterocycles. The molecule has 3 saturated heterocycles. The smallest absolute Gasteiger partial charge is 0.248 e. The van der Waals surface area contributed by atoms with Gasteiger partial charge in [-0.1, -0.05) is 0 Å². The van der Waals surface area contributed by atoms with Gasteiger partial charge in [-0.05, 0) is 50.0 Å². The topological polar surface area (TPSA) is 101 Å². The van der Waals surface area contributed by atoms with Gasteiger partial charge in [-0.15, -0.1) is 0 Å². The molecule has 5 N–H and O–H groups in total. The highest BCUT2D eigenvalue weighted by atomic mass is 16.1. The fraction of sp³-hybridized carbons (Fsp3) is 0.467. The highest BCUT2D eigenvalue weighted by Crippen LogP contribution is 2.30. The Kier molecular flexibility index (Phi) is 3.55. The summed E-state index contributed by atoms with van der Waals surface area (Å²) in [6.07, 6.45) is 2.38. The van der Waals surface area contributed by atoms with Crippen molar-refractivity contribution in [1.82, 2.24) is 4.90 Å². The first-order valence-electron chi connectivity index (χ1n) is 7.26. The standard InChI is InChI=1S/C15H20N4O2/c16-14(20)10-5-11(15(17)21)7-12(6-10)18-13-8-19-3-1-9(13)2-4-19/h5-7,9,13,18H,1-4,8H2,(H2,16,20)(H2,17,21). The minimum Gasteiger partial charge on any atom is -0.381 e. The van der Waals surface area contributed by atoms with E-state index in [2.05, 4.69) is 10.2 Å². The lowest BCUT2D eigenvalue weighted by Crippen LogP contribution is -2.53. The summed E-state index contributed by atoms with van der Waals surface area (Å²) in [4.78, 5) is 25.2. The second kappa shape index (κ2) is 5.37. The van der Waals surface area contributed by atoms with Gasteiger partial charge in [-0.3, -0.25) is 9.59 Å².